The molecule has 2 aromatic carbocycles. The Kier molecular flexibility index (Phi) is 7.53. The standard InChI is InChI=1S/C24H20ClF3N2O2/c1-17(25)16-32-22-10-4-18(5-11-22)14-30(15-19-3-2-12-29-13-19)23(31)20-6-8-21(9-7-20)24(26,27)28/h2-13H,1,14-16H2. The zero-order valence-electron chi connectivity index (χ0n) is 17.0. The average molecular weight is 461 g/mol. The second kappa shape index (κ2) is 10.3. The SMILES string of the molecule is C=C(Cl)COc1ccc(CN(Cc2cccnc2)C(=O)c2ccc(C(F)(F)F)cc2)cc1. The van der Waals surface area contributed by atoms with Gasteiger partial charge in [0.05, 0.1) is 5.56 Å². The summed E-state index contributed by atoms with van der Waals surface area (Å²) in [7, 11) is 0. The van der Waals surface area contributed by atoms with Crippen molar-refractivity contribution < 1.29 is 22.7 Å². The first-order valence-corrected chi connectivity index (χ1v) is 10.0. The van der Waals surface area contributed by atoms with Gasteiger partial charge in [-0.05, 0) is 53.6 Å². The summed E-state index contributed by atoms with van der Waals surface area (Å²) in [6.45, 7) is 4.24. The molecule has 1 amide bonds. The summed E-state index contributed by atoms with van der Waals surface area (Å²) in [5.74, 6) is 0.213. The van der Waals surface area contributed by atoms with E-state index in [1.165, 1.54) is 12.1 Å². The van der Waals surface area contributed by atoms with Crippen LogP contribution >= 0.6 is 11.6 Å². The third-order valence-corrected chi connectivity index (χ3v) is 4.64. The molecule has 0 aliphatic rings. The number of hydrogen-bond acceptors (Lipinski definition) is 3. The van der Waals surface area contributed by atoms with Crippen molar-refractivity contribution >= 4 is 17.5 Å². The van der Waals surface area contributed by atoms with E-state index in [2.05, 4.69) is 11.6 Å². The first-order chi connectivity index (χ1) is 15.2. The van der Waals surface area contributed by atoms with Crippen LogP contribution in [0.3, 0.4) is 0 Å². The number of benzene rings is 2. The molecule has 0 unspecified atom stereocenters. The van der Waals surface area contributed by atoms with Gasteiger partial charge in [-0.3, -0.25) is 9.78 Å². The van der Waals surface area contributed by atoms with Crippen molar-refractivity contribution in [2.45, 2.75) is 19.3 Å². The summed E-state index contributed by atoms with van der Waals surface area (Å²) in [5.41, 5.74) is 0.991. The van der Waals surface area contributed by atoms with Gasteiger partial charge in [0.1, 0.15) is 12.4 Å². The van der Waals surface area contributed by atoms with Crippen LogP contribution in [0.1, 0.15) is 27.0 Å². The van der Waals surface area contributed by atoms with Gasteiger partial charge in [0, 0.05) is 36.1 Å². The van der Waals surface area contributed by atoms with Crippen LogP contribution in [0.15, 0.2) is 84.7 Å². The van der Waals surface area contributed by atoms with Gasteiger partial charge in [0.25, 0.3) is 5.91 Å². The summed E-state index contributed by atoms with van der Waals surface area (Å²) < 4.78 is 44.1. The van der Waals surface area contributed by atoms with Crippen LogP contribution in [0.4, 0.5) is 13.2 Å². The predicted molar refractivity (Wildman–Crippen MR) is 116 cm³/mol. The predicted octanol–water partition coefficient (Wildman–Crippen LogP) is 6.07. The number of nitrogens with zero attached hydrogens (tertiary/aromatic N) is 2. The number of ether oxygens (including phenoxy) is 1. The number of aromatic nitrogens is 1. The average Bonchev–Trinajstić information content (AvgIpc) is 2.78. The molecule has 0 radical (unpaired) electrons. The molecule has 0 atom stereocenters. The van der Waals surface area contributed by atoms with Crippen molar-refractivity contribution in [2.24, 2.45) is 0 Å². The molecule has 0 fully saturated rings. The Morgan fingerprint density at radius 3 is 2.22 bits per heavy atom. The Bertz CT molecular complexity index is 1050. The van der Waals surface area contributed by atoms with Crippen LogP contribution in [0.2, 0.25) is 0 Å². The Morgan fingerprint density at radius 2 is 1.66 bits per heavy atom. The number of halogens is 4. The van der Waals surface area contributed by atoms with Crippen molar-refractivity contribution in [3.8, 4) is 5.75 Å². The van der Waals surface area contributed by atoms with E-state index in [-0.39, 0.29) is 31.2 Å². The minimum absolute atomic E-state index is 0.169. The Hall–Kier alpha value is -3.32. The van der Waals surface area contributed by atoms with Gasteiger partial charge >= 0.3 is 6.18 Å². The lowest BCUT2D eigenvalue weighted by molar-refractivity contribution is -0.137. The molecule has 0 aliphatic carbocycles. The van der Waals surface area contributed by atoms with Crippen LogP contribution in [0, 0.1) is 0 Å². The topological polar surface area (TPSA) is 42.4 Å². The van der Waals surface area contributed by atoms with E-state index >= 15 is 0 Å². The van der Waals surface area contributed by atoms with Gasteiger partial charge in [-0.2, -0.15) is 13.2 Å². The normalized spacial score (nSPS) is 11.1. The maximum absolute atomic E-state index is 13.1. The zero-order chi connectivity index (χ0) is 23.1. The van der Waals surface area contributed by atoms with Crippen LogP contribution in [0.25, 0.3) is 0 Å². The van der Waals surface area contributed by atoms with E-state index in [0.29, 0.717) is 10.8 Å². The Balaban J connectivity index is 1.80. The molecule has 0 saturated carbocycles. The molecule has 8 heteroatoms. The largest absolute Gasteiger partial charge is 0.488 e. The van der Waals surface area contributed by atoms with Crippen molar-refractivity contribution in [1.82, 2.24) is 9.88 Å². The molecule has 1 aromatic heterocycles. The molecule has 0 aliphatic heterocycles. The highest BCUT2D eigenvalue weighted by Crippen LogP contribution is 2.29. The van der Waals surface area contributed by atoms with Crippen LogP contribution < -0.4 is 4.74 Å². The van der Waals surface area contributed by atoms with Gasteiger partial charge in [0.2, 0.25) is 0 Å². The highest BCUT2D eigenvalue weighted by molar-refractivity contribution is 6.29. The number of hydrogen-bond donors (Lipinski definition) is 0. The summed E-state index contributed by atoms with van der Waals surface area (Å²) >= 11 is 5.70. The Labute approximate surface area is 188 Å². The lowest BCUT2D eigenvalue weighted by Crippen LogP contribution is -2.30. The molecule has 32 heavy (non-hydrogen) atoms. The van der Waals surface area contributed by atoms with Crippen LogP contribution in [0.5, 0.6) is 5.75 Å². The fourth-order valence-corrected chi connectivity index (χ4v) is 3.02. The third kappa shape index (κ3) is 6.59. The molecule has 166 valence electrons. The number of pyridine rings is 1. The summed E-state index contributed by atoms with van der Waals surface area (Å²) in [6, 6.07) is 14.9. The molecule has 3 rings (SSSR count). The number of alkyl halides is 3. The van der Waals surface area contributed by atoms with E-state index in [1.807, 2.05) is 18.2 Å². The molecule has 0 bridgehead atoms. The molecular formula is C24H20ClF3N2O2. The number of carbonyl (C=O) groups is 1. The minimum Gasteiger partial charge on any atom is -0.488 e. The van der Waals surface area contributed by atoms with Gasteiger partial charge in [-0.25, -0.2) is 0 Å². The van der Waals surface area contributed by atoms with Crippen molar-refractivity contribution in [3.05, 3.63) is 107 Å². The zero-order valence-corrected chi connectivity index (χ0v) is 17.7. The fraction of sp³-hybridized carbons (Fsp3) is 0.167. The van der Waals surface area contributed by atoms with Crippen molar-refractivity contribution in [2.75, 3.05) is 6.61 Å². The van der Waals surface area contributed by atoms with Crippen molar-refractivity contribution in [1.29, 1.82) is 0 Å². The second-order valence-electron chi connectivity index (χ2n) is 7.05. The fourth-order valence-electron chi connectivity index (χ4n) is 2.97. The first kappa shape index (κ1) is 23.3. The van der Waals surface area contributed by atoms with Gasteiger partial charge in [-0.15, -0.1) is 0 Å². The summed E-state index contributed by atoms with van der Waals surface area (Å²) in [5, 5.41) is 0.374. The number of carbonyl (C=O) groups excluding carboxylic acids is 1. The third-order valence-electron chi connectivity index (χ3n) is 4.53. The molecular weight excluding hydrogens is 441 g/mol. The maximum Gasteiger partial charge on any atom is 0.416 e. The summed E-state index contributed by atoms with van der Waals surface area (Å²) in [4.78, 5) is 18.8. The van der Waals surface area contributed by atoms with Crippen LogP contribution in [-0.4, -0.2) is 22.4 Å². The van der Waals surface area contributed by atoms with Crippen LogP contribution in [-0.2, 0) is 19.3 Å². The molecule has 1 heterocycles. The molecule has 0 N–H and O–H groups in total. The van der Waals surface area contributed by atoms with E-state index in [9.17, 15) is 18.0 Å². The van der Waals surface area contributed by atoms with Gasteiger partial charge in [-0.1, -0.05) is 36.4 Å². The van der Waals surface area contributed by atoms with E-state index in [4.69, 9.17) is 16.3 Å². The first-order valence-electron chi connectivity index (χ1n) is 9.63. The van der Waals surface area contributed by atoms with Gasteiger partial charge < -0.3 is 9.64 Å². The smallest absolute Gasteiger partial charge is 0.416 e. The minimum atomic E-state index is -4.46. The number of amides is 1. The molecule has 0 spiro atoms. The van der Waals surface area contributed by atoms with E-state index < -0.39 is 11.7 Å². The highest BCUT2D eigenvalue weighted by atomic mass is 35.5. The maximum atomic E-state index is 13.1. The van der Waals surface area contributed by atoms with Gasteiger partial charge in [0.15, 0.2) is 0 Å². The van der Waals surface area contributed by atoms with Crippen molar-refractivity contribution in [3.63, 3.8) is 0 Å². The quantitative estimate of drug-likeness (QED) is 0.409. The van der Waals surface area contributed by atoms with E-state index in [0.717, 1.165) is 23.3 Å². The Morgan fingerprint density at radius 1 is 1.00 bits per heavy atom. The molecule has 3 aromatic rings. The number of rotatable bonds is 8. The monoisotopic (exact) mass is 460 g/mol. The van der Waals surface area contributed by atoms with E-state index in [1.54, 1.807) is 35.5 Å². The lowest BCUT2D eigenvalue weighted by Gasteiger charge is -2.23. The highest BCUT2D eigenvalue weighted by Gasteiger charge is 2.30. The summed E-state index contributed by atoms with van der Waals surface area (Å²) in [6.07, 6.45) is -1.20. The lowest BCUT2D eigenvalue weighted by atomic mass is 10.1. The molecule has 0 saturated heterocycles. The second-order valence-corrected chi connectivity index (χ2v) is 7.58. The molecule has 4 nitrogen and oxygen atoms in total.